The van der Waals surface area contributed by atoms with E-state index >= 15 is 0 Å². The van der Waals surface area contributed by atoms with E-state index in [1.54, 1.807) is 18.9 Å². The van der Waals surface area contributed by atoms with Crippen LogP contribution in [-0.4, -0.2) is 43.7 Å². The molecule has 5 heteroatoms. The van der Waals surface area contributed by atoms with Crippen LogP contribution in [0.4, 0.5) is 5.69 Å². The minimum Gasteiger partial charge on any atom is -0.497 e. The van der Waals surface area contributed by atoms with Gasteiger partial charge in [-0.3, -0.25) is 4.79 Å². The number of hydrogen-bond donors (Lipinski definition) is 1. The van der Waals surface area contributed by atoms with Gasteiger partial charge in [-0.1, -0.05) is 0 Å². The normalized spacial score (nSPS) is 17.4. The fraction of sp³-hybridized carbons (Fsp3) is 0.562. The molecule has 1 aliphatic heterocycles. The van der Waals surface area contributed by atoms with E-state index in [1.807, 2.05) is 25.3 Å². The summed E-state index contributed by atoms with van der Waals surface area (Å²) in [5.74, 6) is 1.04. The van der Waals surface area contributed by atoms with Gasteiger partial charge in [-0.15, -0.1) is 0 Å². The third kappa shape index (κ3) is 4.30. The van der Waals surface area contributed by atoms with E-state index < -0.39 is 0 Å². The quantitative estimate of drug-likeness (QED) is 0.907. The van der Waals surface area contributed by atoms with Crippen LogP contribution in [0.25, 0.3) is 0 Å². The fourth-order valence-corrected chi connectivity index (χ4v) is 2.78. The highest BCUT2D eigenvalue weighted by Gasteiger charge is 2.22. The van der Waals surface area contributed by atoms with Crippen molar-refractivity contribution >= 4 is 23.4 Å². The SMILES string of the molecule is COc1ccc(N2CCC(NC(=O)[C@H](C)SC)CC2)cc1. The molecule has 1 heterocycles. The minimum atomic E-state index is 0.0321. The Bertz CT molecular complexity index is 456. The van der Waals surface area contributed by atoms with Crippen molar-refractivity contribution in [1.29, 1.82) is 0 Å². The monoisotopic (exact) mass is 308 g/mol. The Kier molecular flexibility index (Phi) is 5.79. The van der Waals surface area contributed by atoms with Crippen LogP contribution in [0.2, 0.25) is 0 Å². The maximum absolute atomic E-state index is 11.9. The summed E-state index contributed by atoms with van der Waals surface area (Å²) in [5.41, 5.74) is 1.22. The Labute approximate surface area is 131 Å². The number of carbonyl (C=O) groups excluding carboxylic acids is 1. The second-order valence-electron chi connectivity index (χ2n) is 5.35. The molecule has 0 spiro atoms. The Morgan fingerprint density at radius 2 is 1.95 bits per heavy atom. The van der Waals surface area contributed by atoms with Crippen LogP contribution in [0, 0.1) is 0 Å². The van der Waals surface area contributed by atoms with E-state index in [-0.39, 0.29) is 11.2 Å². The molecular weight excluding hydrogens is 284 g/mol. The Morgan fingerprint density at radius 3 is 2.48 bits per heavy atom. The van der Waals surface area contributed by atoms with Gasteiger partial charge >= 0.3 is 0 Å². The summed E-state index contributed by atoms with van der Waals surface area (Å²) in [6.07, 6.45) is 3.97. The van der Waals surface area contributed by atoms with Crippen LogP contribution in [0.5, 0.6) is 5.75 Å². The van der Waals surface area contributed by atoms with Crippen molar-refractivity contribution < 1.29 is 9.53 Å². The fourth-order valence-electron chi connectivity index (χ4n) is 2.50. The van der Waals surface area contributed by atoms with Crippen LogP contribution in [0.15, 0.2) is 24.3 Å². The predicted octanol–water partition coefficient (Wildman–Crippen LogP) is 2.53. The van der Waals surface area contributed by atoms with Gasteiger partial charge in [0.15, 0.2) is 0 Å². The van der Waals surface area contributed by atoms with E-state index in [0.29, 0.717) is 6.04 Å². The molecule has 1 aliphatic rings. The highest BCUT2D eigenvalue weighted by Crippen LogP contribution is 2.23. The number of carbonyl (C=O) groups is 1. The van der Waals surface area contributed by atoms with Crippen molar-refractivity contribution in [3.05, 3.63) is 24.3 Å². The maximum Gasteiger partial charge on any atom is 0.233 e. The first kappa shape index (κ1) is 16.0. The molecule has 4 nitrogen and oxygen atoms in total. The van der Waals surface area contributed by atoms with Crippen LogP contribution in [0.3, 0.4) is 0 Å². The van der Waals surface area contributed by atoms with Gasteiger partial charge in [0.2, 0.25) is 5.91 Å². The lowest BCUT2D eigenvalue weighted by Gasteiger charge is -2.34. The molecule has 1 aromatic carbocycles. The van der Waals surface area contributed by atoms with Crippen LogP contribution >= 0.6 is 11.8 Å². The average molecular weight is 308 g/mol. The molecule has 1 amide bonds. The first-order valence-electron chi connectivity index (χ1n) is 7.36. The van der Waals surface area contributed by atoms with E-state index in [2.05, 4.69) is 22.3 Å². The second kappa shape index (κ2) is 7.59. The summed E-state index contributed by atoms with van der Waals surface area (Å²) < 4.78 is 5.18. The molecule has 0 unspecified atom stereocenters. The molecule has 1 saturated heterocycles. The van der Waals surface area contributed by atoms with Gasteiger partial charge in [-0.25, -0.2) is 0 Å². The van der Waals surface area contributed by atoms with Crippen LogP contribution < -0.4 is 15.0 Å². The Morgan fingerprint density at radius 1 is 1.33 bits per heavy atom. The number of anilines is 1. The summed E-state index contributed by atoms with van der Waals surface area (Å²) in [7, 11) is 1.68. The van der Waals surface area contributed by atoms with Crippen molar-refractivity contribution in [2.24, 2.45) is 0 Å². The summed E-state index contributed by atoms with van der Waals surface area (Å²) >= 11 is 1.59. The van der Waals surface area contributed by atoms with E-state index in [0.717, 1.165) is 31.7 Å². The largest absolute Gasteiger partial charge is 0.497 e. The zero-order valence-corrected chi connectivity index (χ0v) is 13.8. The molecule has 0 saturated carbocycles. The van der Waals surface area contributed by atoms with Gasteiger partial charge < -0.3 is 15.0 Å². The zero-order chi connectivity index (χ0) is 15.2. The highest BCUT2D eigenvalue weighted by atomic mass is 32.2. The zero-order valence-electron chi connectivity index (χ0n) is 13.0. The minimum absolute atomic E-state index is 0.0321. The number of methoxy groups -OCH3 is 1. The van der Waals surface area contributed by atoms with Gasteiger partial charge in [0.1, 0.15) is 5.75 Å². The number of ether oxygens (including phenoxy) is 1. The van der Waals surface area contributed by atoms with Crippen molar-refractivity contribution in [2.75, 3.05) is 31.4 Å². The molecule has 0 aliphatic carbocycles. The molecule has 2 rings (SSSR count). The summed E-state index contributed by atoms with van der Waals surface area (Å²) in [6, 6.07) is 8.47. The number of nitrogens with zero attached hydrogens (tertiary/aromatic N) is 1. The third-order valence-electron chi connectivity index (χ3n) is 4.00. The first-order chi connectivity index (χ1) is 10.1. The first-order valence-corrected chi connectivity index (χ1v) is 8.65. The van der Waals surface area contributed by atoms with Crippen molar-refractivity contribution in [1.82, 2.24) is 5.32 Å². The standard InChI is InChI=1S/C16H24N2O2S/c1-12(21-3)16(19)17-13-8-10-18(11-9-13)14-4-6-15(20-2)7-5-14/h4-7,12-13H,8-11H2,1-3H3,(H,17,19)/t12-/m0/s1. The molecule has 1 aromatic rings. The third-order valence-corrected chi connectivity index (χ3v) is 4.92. The van der Waals surface area contributed by atoms with Gasteiger partial charge in [0.25, 0.3) is 0 Å². The molecule has 1 N–H and O–H groups in total. The molecule has 0 bridgehead atoms. The smallest absolute Gasteiger partial charge is 0.233 e. The van der Waals surface area contributed by atoms with Gasteiger partial charge in [0.05, 0.1) is 12.4 Å². The van der Waals surface area contributed by atoms with Crippen molar-refractivity contribution in [2.45, 2.75) is 31.1 Å². The Balaban J connectivity index is 1.83. The molecule has 1 atom stereocenters. The summed E-state index contributed by atoms with van der Waals surface area (Å²) in [4.78, 5) is 14.3. The van der Waals surface area contributed by atoms with Gasteiger partial charge in [-0.2, -0.15) is 11.8 Å². The van der Waals surface area contributed by atoms with E-state index in [9.17, 15) is 4.79 Å². The lowest BCUT2D eigenvalue weighted by atomic mass is 10.0. The molecule has 0 aromatic heterocycles. The average Bonchev–Trinajstić information content (AvgIpc) is 2.55. The van der Waals surface area contributed by atoms with Gasteiger partial charge in [0, 0.05) is 24.8 Å². The molecular formula is C16H24N2O2S. The van der Waals surface area contributed by atoms with Crippen LogP contribution in [-0.2, 0) is 4.79 Å². The number of hydrogen-bond acceptors (Lipinski definition) is 4. The van der Waals surface area contributed by atoms with Crippen LogP contribution in [0.1, 0.15) is 19.8 Å². The number of piperidine rings is 1. The number of nitrogens with one attached hydrogen (secondary N) is 1. The number of thioether (sulfide) groups is 1. The van der Waals surface area contributed by atoms with Crippen molar-refractivity contribution in [3.8, 4) is 5.75 Å². The lowest BCUT2D eigenvalue weighted by molar-refractivity contribution is -0.121. The molecule has 21 heavy (non-hydrogen) atoms. The lowest BCUT2D eigenvalue weighted by Crippen LogP contribution is -2.46. The topological polar surface area (TPSA) is 41.6 Å². The summed E-state index contributed by atoms with van der Waals surface area (Å²) in [6.45, 7) is 3.91. The molecule has 116 valence electrons. The second-order valence-corrected chi connectivity index (χ2v) is 6.52. The summed E-state index contributed by atoms with van der Waals surface area (Å²) in [5, 5.41) is 3.19. The predicted molar refractivity (Wildman–Crippen MR) is 89.3 cm³/mol. The van der Waals surface area contributed by atoms with E-state index in [1.165, 1.54) is 5.69 Å². The molecule has 1 fully saturated rings. The number of amides is 1. The maximum atomic E-state index is 11.9. The number of rotatable bonds is 5. The Hall–Kier alpha value is -1.36. The van der Waals surface area contributed by atoms with E-state index in [4.69, 9.17) is 4.74 Å². The van der Waals surface area contributed by atoms with Crippen molar-refractivity contribution in [3.63, 3.8) is 0 Å². The molecule has 0 radical (unpaired) electrons. The highest BCUT2D eigenvalue weighted by molar-refractivity contribution is 7.99. The van der Waals surface area contributed by atoms with Gasteiger partial charge in [-0.05, 0) is 50.3 Å². The number of benzene rings is 1.